The van der Waals surface area contributed by atoms with Crippen LogP contribution in [0.5, 0.6) is 0 Å². The molecule has 1 N–H and O–H groups in total. The molecule has 0 saturated heterocycles. The molecule has 0 saturated carbocycles. The van der Waals surface area contributed by atoms with E-state index >= 15 is 0 Å². The topological polar surface area (TPSA) is 54.8 Å². The third-order valence-electron chi connectivity index (χ3n) is 14.6. The van der Waals surface area contributed by atoms with Crippen molar-refractivity contribution in [2.24, 2.45) is 9.98 Å². The zero-order valence-corrected chi connectivity index (χ0v) is 37.8. The van der Waals surface area contributed by atoms with Gasteiger partial charge in [-0.25, -0.2) is 9.98 Å². The van der Waals surface area contributed by atoms with Crippen LogP contribution in [0, 0.1) is 0 Å². The number of para-hydroxylation sites is 3. The molecule has 5 heteroatoms. The van der Waals surface area contributed by atoms with E-state index in [2.05, 4.69) is 234 Å². The molecule has 0 fully saturated rings. The van der Waals surface area contributed by atoms with Crippen molar-refractivity contribution in [2.45, 2.75) is 6.17 Å². The maximum absolute atomic E-state index is 6.83. The van der Waals surface area contributed by atoms with Crippen LogP contribution in [0.4, 0.5) is 0 Å². The molecule has 12 aromatic carbocycles. The molecule has 0 amide bonds. The van der Waals surface area contributed by atoms with Crippen LogP contribution in [0.2, 0.25) is 0 Å². The van der Waals surface area contributed by atoms with Crippen LogP contribution in [-0.4, -0.2) is 16.2 Å². The number of fused-ring (bicyclic) bond motifs is 13. The fourth-order valence-electron chi connectivity index (χ4n) is 11.2. The number of benzene rings is 12. The first-order chi connectivity index (χ1) is 34.7. The monoisotopic (exact) mass is 892 g/mol. The van der Waals surface area contributed by atoms with E-state index in [-0.39, 0.29) is 0 Å². The van der Waals surface area contributed by atoms with E-state index in [0.717, 1.165) is 83.1 Å². The Balaban J connectivity index is 0.959. The zero-order valence-electron chi connectivity index (χ0n) is 37.8. The molecule has 1 aliphatic rings. The summed E-state index contributed by atoms with van der Waals surface area (Å²) in [5.74, 6) is 1.44. The summed E-state index contributed by atoms with van der Waals surface area (Å²) in [5.41, 5.74) is 10.0. The molecule has 0 aliphatic carbocycles. The number of hydrogen-bond donors (Lipinski definition) is 1. The Hall–Kier alpha value is -9.32. The number of nitrogens with zero attached hydrogens (tertiary/aromatic N) is 3. The summed E-state index contributed by atoms with van der Waals surface area (Å²) in [4.78, 5) is 10.9. The van der Waals surface area contributed by atoms with Gasteiger partial charge >= 0.3 is 0 Å². The van der Waals surface area contributed by atoms with E-state index in [1.807, 2.05) is 6.07 Å². The van der Waals surface area contributed by atoms with Crippen LogP contribution in [0.25, 0.3) is 114 Å². The standard InChI is InChI=1S/C65H40N4O/c1-2-15-42-38-60-56(36-41(42)14-1)52-18-7-9-22-58(52)69(60)59-33-30-47(37-57(59)55-21-11-20-54-53-19-8-10-23-61(53)70-62(54)55)65-67-63(45-28-31-50-43(34-45)26-24-39-12-3-5-16-48(39)50)66-64(68-65)46-29-32-51-44(35-46)27-25-40-13-4-6-17-49(40)51/h1-38,65H,(H,66,67,68). The lowest BCUT2D eigenvalue weighted by atomic mass is 9.96. The minimum absolute atomic E-state index is 0.480. The van der Waals surface area contributed by atoms with Gasteiger partial charge in [0.1, 0.15) is 23.2 Å². The van der Waals surface area contributed by atoms with Gasteiger partial charge in [-0.15, -0.1) is 0 Å². The molecule has 3 heterocycles. The van der Waals surface area contributed by atoms with E-state index in [0.29, 0.717) is 5.84 Å². The van der Waals surface area contributed by atoms with Crippen molar-refractivity contribution in [1.29, 1.82) is 0 Å². The predicted octanol–water partition coefficient (Wildman–Crippen LogP) is 16.6. The summed E-state index contributed by atoms with van der Waals surface area (Å²) in [6, 6.07) is 83.0. The quantitative estimate of drug-likeness (QED) is 0.175. The minimum atomic E-state index is -0.480. The Kier molecular flexibility index (Phi) is 8.36. The van der Waals surface area contributed by atoms with E-state index < -0.39 is 6.17 Å². The minimum Gasteiger partial charge on any atom is -0.455 e. The second-order valence-corrected chi connectivity index (χ2v) is 18.5. The van der Waals surface area contributed by atoms with Gasteiger partial charge in [0.15, 0.2) is 5.84 Å². The van der Waals surface area contributed by atoms with E-state index in [9.17, 15) is 0 Å². The van der Waals surface area contributed by atoms with Gasteiger partial charge in [-0.1, -0.05) is 182 Å². The Bertz CT molecular complexity index is 4590. The molecular formula is C65H40N4O. The van der Waals surface area contributed by atoms with Gasteiger partial charge in [0.05, 0.1) is 16.7 Å². The second-order valence-electron chi connectivity index (χ2n) is 18.5. The van der Waals surface area contributed by atoms with Gasteiger partial charge in [0.2, 0.25) is 0 Å². The number of amidine groups is 2. The molecule has 15 rings (SSSR count). The van der Waals surface area contributed by atoms with Gasteiger partial charge in [-0.05, 0) is 108 Å². The van der Waals surface area contributed by atoms with Crippen molar-refractivity contribution >= 4 is 109 Å². The average molecular weight is 893 g/mol. The molecule has 0 spiro atoms. The first-order valence-electron chi connectivity index (χ1n) is 23.9. The molecule has 1 unspecified atom stereocenters. The largest absolute Gasteiger partial charge is 0.455 e. The summed E-state index contributed by atoms with van der Waals surface area (Å²) in [5, 5.41) is 20.5. The number of rotatable bonds is 5. The van der Waals surface area contributed by atoms with Crippen molar-refractivity contribution in [3.63, 3.8) is 0 Å². The van der Waals surface area contributed by atoms with Crippen molar-refractivity contribution in [1.82, 2.24) is 9.88 Å². The van der Waals surface area contributed by atoms with Crippen LogP contribution in [0.15, 0.2) is 245 Å². The summed E-state index contributed by atoms with van der Waals surface area (Å²) < 4.78 is 9.27. The number of aromatic nitrogens is 1. The van der Waals surface area contributed by atoms with E-state index in [1.165, 1.54) is 53.9 Å². The Labute approximate surface area is 401 Å². The van der Waals surface area contributed by atoms with Gasteiger partial charge in [0.25, 0.3) is 0 Å². The van der Waals surface area contributed by atoms with E-state index in [1.54, 1.807) is 0 Å². The zero-order chi connectivity index (χ0) is 45.9. The average Bonchev–Trinajstić information content (AvgIpc) is 3.97. The van der Waals surface area contributed by atoms with Gasteiger partial charge in [-0.2, -0.15) is 0 Å². The third-order valence-corrected chi connectivity index (χ3v) is 14.6. The third kappa shape index (κ3) is 5.98. The second kappa shape index (κ2) is 15.1. The fraction of sp³-hybridized carbons (Fsp3) is 0.0154. The summed E-state index contributed by atoms with van der Waals surface area (Å²) in [7, 11) is 0. The molecule has 14 aromatic rings. The normalized spacial score (nSPS) is 14.1. The number of nitrogens with one attached hydrogen (secondary N) is 1. The van der Waals surface area contributed by atoms with Crippen LogP contribution >= 0.6 is 0 Å². The van der Waals surface area contributed by atoms with Crippen molar-refractivity contribution in [2.75, 3.05) is 0 Å². The molecule has 70 heavy (non-hydrogen) atoms. The van der Waals surface area contributed by atoms with E-state index in [4.69, 9.17) is 14.4 Å². The van der Waals surface area contributed by atoms with Crippen LogP contribution < -0.4 is 5.32 Å². The van der Waals surface area contributed by atoms with Crippen LogP contribution in [-0.2, 0) is 0 Å². The van der Waals surface area contributed by atoms with Crippen molar-refractivity contribution < 1.29 is 4.42 Å². The summed E-state index contributed by atoms with van der Waals surface area (Å²) in [6.45, 7) is 0. The van der Waals surface area contributed by atoms with Crippen LogP contribution in [0.1, 0.15) is 22.9 Å². The fourth-order valence-corrected chi connectivity index (χ4v) is 11.2. The number of hydrogen-bond acceptors (Lipinski definition) is 4. The van der Waals surface area contributed by atoms with Crippen molar-refractivity contribution in [3.8, 4) is 16.8 Å². The van der Waals surface area contributed by atoms with Crippen molar-refractivity contribution in [3.05, 3.63) is 247 Å². The highest BCUT2D eigenvalue weighted by atomic mass is 16.3. The lowest BCUT2D eigenvalue weighted by Gasteiger charge is -2.25. The number of aliphatic imine (C=N–C) groups is 2. The van der Waals surface area contributed by atoms with Gasteiger partial charge in [-0.3, -0.25) is 0 Å². The first-order valence-corrected chi connectivity index (χ1v) is 23.9. The SMILES string of the molecule is c1ccc2cc3c(cc2c1)c1ccccc1n3-c1ccc(C2N=C(c3ccc4c(ccc5ccccc54)c3)N=C(c3ccc4c(ccc5ccccc54)c3)N2)cc1-c1cccc2c1oc1ccccc12. The van der Waals surface area contributed by atoms with Gasteiger partial charge < -0.3 is 14.3 Å². The maximum Gasteiger partial charge on any atom is 0.159 e. The molecular weight excluding hydrogens is 853 g/mol. The lowest BCUT2D eigenvalue weighted by Crippen LogP contribution is -2.33. The highest BCUT2D eigenvalue weighted by Crippen LogP contribution is 2.43. The Morgan fingerprint density at radius 1 is 0.386 bits per heavy atom. The first kappa shape index (κ1) is 38.8. The highest BCUT2D eigenvalue weighted by Gasteiger charge is 2.26. The molecule has 0 radical (unpaired) electrons. The molecule has 1 atom stereocenters. The smallest absolute Gasteiger partial charge is 0.159 e. The molecule has 326 valence electrons. The Morgan fingerprint density at radius 2 is 0.986 bits per heavy atom. The van der Waals surface area contributed by atoms with Crippen LogP contribution in [0.3, 0.4) is 0 Å². The molecule has 2 aromatic heterocycles. The molecule has 1 aliphatic heterocycles. The maximum atomic E-state index is 6.83. The lowest BCUT2D eigenvalue weighted by molar-refractivity contribution is 0.669. The highest BCUT2D eigenvalue weighted by molar-refractivity contribution is 6.18. The molecule has 0 bridgehead atoms. The number of furan rings is 1. The Morgan fingerprint density at radius 3 is 1.76 bits per heavy atom. The summed E-state index contributed by atoms with van der Waals surface area (Å²) >= 11 is 0. The molecule has 5 nitrogen and oxygen atoms in total. The predicted molar refractivity (Wildman–Crippen MR) is 293 cm³/mol. The summed E-state index contributed by atoms with van der Waals surface area (Å²) in [6.07, 6.45) is -0.480. The van der Waals surface area contributed by atoms with Gasteiger partial charge in [0, 0.05) is 43.8 Å².